The maximum absolute atomic E-state index is 13.6. The van der Waals surface area contributed by atoms with E-state index < -0.39 is 6.29 Å². The highest BCUT2D eigenvalue weighted by Crippen LogP contribution is 2.47. The second kappa shape index (κ2) is 13.1. The fourth-order valence-corrected chi connectivity index (χ4v) is 7.56. The summed E-state index contributed by atoms with van der Waals surface area (Å²) < 4.78 is 23.8. The second-order valence-electron chi connectivity index (χ2n) is 11.9. The van der Waals surface area contributed by atoms with Crippen molar-refractivity contribution in [1.82, 2.24) is 5.32 Å². The summed E-state index contributed by atoms with van der Waals surface area (Å²) in [5.74, 6) is 1.51. The molecule has 3 aliphatic carbocycles. The van der Waals surface area contributed by atoms with E-state index in [0.717, 1.165) is 18.8 Å². The van der Waals surface area contributed by atoms with Gasteiger partial charge in [0, 0.05) is 31.1 Å². The third-order valence-electron chi connectivity index (χ3n) is 9.44. The van der Waals surface area contributed by atoms with Gasteiger partial charge in [0.25, 0.3) is 5.91 Å². The van der Waals surface area contributed by atoms with Gasteiger partial charge in [-0.25, -0.2) is 0 Å². The van der Waals surface area contributed by atoms with Gasteiger partial charge >= 0.3 is 0 Å². The lowest BCUT2D eigenvalue weighted by Gasteiger charge is -2.38. The normalized spacial score (nSPS) is 27.7. The van der Waals surface area contributed by atoms with Crippen molar-refractivity contribution >= 4 is 5.91 Å². The molecule has 7 heteroatoms. The Hall–Kier alpha value is -2.71. The van der Waals surface area contributed by atoms with Crippen LogP contribution < -0.4 is 5.32 Å². The lowest BCUT2D eigenvalue weighted by molar-refractivity contribution is -0.168. The zero-order chi connectivity index (χ0) is 28.2. The first-order valence-corrected chi connectivity index (χ1v) is 15.4. The standard InChI is InChI=1S/C34H43NO6/c1-2-40-34-28(12-14-38-16-17-39-15-13-36)30(21-32(41-34)33(37)35-31-19-22-10-11-24(31)18-22)27-9-5-8-26-25-7-4-3-6-23(25)20-29(26)27/h3-9,21-22,24,28,30-31,34,36H,2,10-20H2,1H3,(H,35,37)/t22?,24?,28-,30+,31?,34+/m0/s1. The van der Waals surface area contributed by atoms with Crippen molar-refractivity contribution in [3.63, 3.8) is 0 Å². The second-order valence-corrected chi connectivity index (χ2v) is 11.9. The fourth-order valence-electron chi connectivity index (χ4n) is 7.56. The predicted octanol–water partition coefficient (Wildman–Crippen LogP) is 4.95. The van der Waals surface area contributed by atoms with Crippen molar-refractivity contribution in [2.45, 2.75) is 63.7 Å². The van der Waals surface area contributed by atoms with Gasteiger partial charge in [-0.3, -0.25) is 4.79 Å². The highest BCUT2D eigenvalue weighted by Gasteiger charge is 2.43. The Morgan fingerprint density at radius 3 is 2.61 bits per heavy atom. The minimum Gasteiger partial charge on any atom is -0.459 e. The maximum Gasteiger partial charge on any atom is 0.286 e. The summed E-state index contributed by atoms with van der Waals surface area (Å²) in [4.78, 5) is 13.6. The molecule has 41 heavy (non-hydrogen) atoms. The van der Waals surface area contributed by atoms with Crippen molar-refractivity contribution in [2.24, 2.45) is 17.8 Å². The first-order chi connectivity index (χ1) is 20.2. The summed E-state index contributed by atoms with van der Waals surface area (Å²) in [6.07, 6.45) is 7.91. The van der Waals surface area contributed by atoms with E-state index in [4.69, 9.17) is 24.1 Å². The third-order valence-corrected chi connectivity index (χ3v) is 9.44. The Morgan fingerprint density at radius 1 is 1.00 bits per heavy atom. The number of rotatable bonds is 13. The van der Waals surface area contributed by atoms with Crippen LogP contribution in [0.2, 0.25) is 0 Å². The van der Waals surface area contributed by atoms with Crippen LogP contribution in [0.5, 0.6) is 0 Å². The molecular formula is C34H43NO6. The van der Waals surface area contributed by atoms with Crippen LogP contribution in [0.1, 0.15) is 61.6 Å². The van der Waals surface area contributed by atoms with Crippen molar-refractivity contribution in [2.75, 3.05) is 39.6 Å². The Balaban J connectivity index is 1.27. The zero-order valence-electron chi connectivity index (χ0n) is 24.1. The quantitative estimate of drug-likeness (QED) is 0.287. The number of allylic oxidation sites excluding steroid dienone is 1. The number of fused-ring (bicyclic) bond motifs is 5. The molecule has 1 aliphatic heterocycles. The number of carbonyl (C=O) groups excluding carboxylic acids is 1. The number of amides is 1. The number of benzene rings is 2. The average molecular weight is 562 g/mol. The van der Waals surface area contributed by atoms with Gasteiger partial charge in [-0.2, -0.15) is 0 Å². The molecule has 0 saturated heterocycles. The summed E-state index contributed by atoms with van der Waals surface area (Å²) in [6, 6.07) is 15.4. The van der Waals surface area contributed by atoms with E-state index in [2.05, 4.69) is 47.8 Å². The lowest BCUT2D eigenvalue weighted by atomic mass is 9.78. The number of hydrogen-bond donors (Lipinski definition) is 2. The number of nitrogens with one attached hydrogen (secondary N) is 1. The minimum atomic E-state index is -0.551. The van der Waals surface area contributed by atoms with Gasteiger partial charge in [0.1, 0.15) is 0 Å². The zero-order valence-corrected chi connectivity index (χ0v) is 24.1. The lowest BCUT2D eigenvalue weighted by Crippen LogP contribution is -2.43. The minimum absolute atomic E-state index is 0.00657. The Kier molecular flexibility index (Phi) is 9.06. The Morgan fingerprint density at radius 2 is 1.83 bits per heavy atom. The van der Waals surface area contributed by atoms with Gasteiger partial charge in [-0.1, -0.05) is 48.9 Å². The molecule has 2 N–H and O–H groups in total. The van der Waals surface area contributed by atoms with Crippen LogP contribution in [0.25, 0.3) is 11.1 Å². The maximum atomic E-state index is 13.6. The topological polar surface area (TPSA) is 86.3 Å². The van der Waals surface area contributed by atoms with Gasteiger partial charge in [0.05, 0.1) is 26.4 Å². The van der Waals surface area contributed by atoms with E-state index in [1.165, 1.54) is 47.1 Å². The molecule has 2 aromatic carbocycles. The SMILES string of the molecule is CCO[C@@H]1OC(C(=O)NC2CC3CCC2C3)=C[C@H](c2cccc3c2Cc2ccccc2-3)[C@@H]1CCOCCOCCO. The van der Waals surface area contributed by atoms with Crippen molar-refractivity contribution in [3.05, 3.63) is 71.0 Å². The number of carbonyl (C=O) groups is 1. The molecule has 2 aromatic rings. The molecule has 1 amide bonds. The third kappa shape index (κ3) is 6.09. The first kappa shape index (κ1) is 28.4. The van der Waals surface area contributed by atoms with Crippen LogP contribution in [0, 0.1) is 17.8 Å². The molecule has 0 radical (unpaired) electrons. The molecule has 0 aromatic heterocycles. The molecule has 6 rings (SSSR count). The van der Waals surface area contributed by atoms with Crippen molar-refractivity contribution in [3.8, 4) is 11.1 Å². The largest absolute Gasteiger partial charge is 0.459 e. The molecular weight excluding hydrogens is 518 g/mol. The molecule has 2 fully saturated rings. The molecule has 1 heterocycles. The van der Waals surface area contributed by atoms with Gasteiger partial charge in [-0.15, -0.1) is 0 Å². The summed E-state index contributed by atoms with van der Waals surface area (Å²) in [7, 11) is 0. The summed E-state index contributed by atoms with van der Waals surface area (Å²) >= 11 is 0. The molecule has 7 nitrogen and oxygen atoms in total. The molecule has 2 bridgehead atoms. The number of hydrogen-bond acceptors (Lipinski definition) is 6. The smallest absolute Gasteiger partial charge is 0.286 e. The predicted molar refractivity (Wildman–Crippen MR) is 156 cm³/mol. The number of aliphatic hydroxyl groups is 1. The van der Waals surface area contributed by atoms with Gasteiger partial charge in [0.15, 0.2) is 5.76 Å². The van der Waals surface area contributed by atoms with Gasteiger partial charge in [-0.05, 0) is 84.8 Å². The van der Waals surface area contributed by atoms with E-state index in [1.54, 1.807) is 0 Å². The van der Waals surface area contributed by atoms with Gasteiger partial charge in [0.2, 0.25) is 6.29 Å². The van der Waals surface area contributed by atoms with Gasteiger partial charge < -0.3 is 29.4 Å². The molecule has 4 aliphatic rings. The Bertz CT molecular complexity index is 1240. The Labute approximate surface area is 243 Å². The molecule has 2 saturated carbocycles. The summed E-state index contributed by atoms with van der Waals surface area (Å²) in [5, 5.41) is 12.2. The van der Waals surface area contributed by atoms with E-state index in [9.17, 15) is 4.79 Å². The summed E-state index contributed by atoms with van der Waals surface area (Å²) in [6.45, 7) is 4.20. The van der Waals surface area contributed by atoms with Crippen molar-refractivity contribution < 1.29 is 28.8 Å². The average Bonchev–Trinajstić information content (AvgIpc) is 3.71. The molecule has 6 atom stereocenters. The molecule has 3 unspecified atom stereocenters. The van der Waals surface area contributed by atoms with Crippen LogP contribution in [0.3, 0.4) is 0 Å². The highest BCUT2D eigenvalue weighted by atomic mass is 16.7. The number of ether oxygens (including phenoxy) is 4. The van der Waals surface area contributed by atoms with E-state index in [0.29, 0.717) is 51.1 Å². The monoisotopic (exact) mass is 561 g/mol. The van der Waals surface area contributed by atoms with Crippen LogP contribution in [0.4, 0.5) is 0 Å². The first-order valence-electron chi connectivity index (χ1n) is 15.4. The van der Waals surface area contributed by atoms with E-state index in [1.807, 2.05) is 13.0 Å². The van der Waals surface area contributed by atoms with E-state index >= 15 is 0 Å². The highest BCUT2D eigenvalue weighted by molar-refractivity contribution is 5.92. The van der Waals surface area contributed by atoms with Crippen LogP contribution >= 0.6 is 0 Å². The summed E-state index contributed by atoms with van der Waals surface area (Å²) in [5.41, 5.74) is 6.45. The van der Waals surface area contributed by atoms with Crippen LogP contribution in [-0.4, -0.2) is 63.0 Å². The molecule has 0 spiro atoms. The molecule has 220 valence electrons. The van der Waals surface area contributed by atoms with Crippen LogP contribution in [0.15, 0.2) is 54.3 Å². The number of aliphatic hydroxyl groups excluding tert-OH is 1. The van der Waals surface area contributed by atoms with Crippen molar-refractivity contribution in [1.29, 1.82) is 0 Å². The fraction of sp³-hybridized carbons (Fsp3) is 0.559. The van der Waals surface area contributed by atoms with E-state index in [-0.39, 0.29) is 30.4 Å². The van der Waals surface area contributed by atoms with Crippen LogP contribution in [-0.2, 0) is 30.2 Å².